The maximum absolute atomic E-state index is 10.1. The monoisotopic (exact) mass is 428 g/mol. The molecule has 3 N–H and O–H groups in total. The molecule has 0 amide bonds. The van der Waals surface area contributed by atoms with Gasteiger partial charge in [-0.25, -0.2) is 0 Å². The quantitative estimate of drug-likeness (QED) is 0.179. The Morgan fingerprint density at radius 3 is 1.77 bits per heavy atom. The first kappa shape index (κ1) is 27.6. The lowest BCUT2D eigenvalue weighted by Crippen LogP contribution is -2.41. The van der Waals surface area contributed by atoms with Crippen molar-refractivity contribution < 1.29 is 24.8 Å². The van der Waals surface area contributed by atoms with Gasteiger partial charge in [-0.3, -0.25) is 0 Å². The minimum Gasteiger partial charge on any atom is -0.394 e. The molecule has 0 saturated carbocycles. The lowest BCUT2D eigenvalue weighted by atomic mass is 10.0. The topological polar surface area (TPSA) is 79.2 Å². The summed E-state index contributed by atoms with van der Waals surface area (Å²) in [6.45, 7) is 4.24. The molecule has 1 saturated heterocycles. The van der Waals surface area contributed by atoms with Gasteiger partial charge in [0.2, 0.25) is 0 Å². The summed E-state index contributed by atoms with van der Waals surface area (Å²) >= 11 is 0. The molecule has 0 spiro atoms. The van der Waals surface area contributed by atoms with E-state index in [4.69, 9.17) is 14.6 Å². The fourth-order valence-corrected chi connectivity index (χ4v) is 4.13. The summed E-state index contributed by atoms with van der Waals surface area (Å²) in [6, 6.07) is 0. The molecule has 0 aromatic carbocycles. The standard InChI is InChI=1S/C25H48O5/c1-2-3-4-5-6-7-8-9-10-11-12-13-14-15-16-17-18-19-29-23-21-30-25(24(23)28)22(27)20-26/h2,22-28H,1,3-21H2/t22-,23+,24+,25+/m1/s1. The van der Waals surface area contributed by atoms with Crippen LogP contribution in [0.4, 0.5) is 0 Å². The van der Waals surface area contributed by atoms with Gasteiger partial charge in [0.25, 0.3) is 0 Å². The minimum absolute atomic E-state index is 0.276. The van der Waals surface area contributed by atoms with Gasteiger partial charge in [0, 0.05) is 6.61 Å². The molecule has 0 bridgehead atoms. The Balaban J connectivity index is 1.78. The van der Waals surface area contributed by atoms with Crippen LogP contribution in [0.5, 0.6) is 0 Å². The van der Waals surface area contributed by atoms with Crippen molar-refractivity contribution in [2.45, 2.75) is 127 Å². The number of unbranched alkanes of at least 4 members (excludes halogenated alkanes) is 15. The Hall–Kier alpha value is -0.460. The molecule has 5 nitrogen and oxygen atoms in total. The largest absolute Gasteiger partial charge is 0.394 e. The lowest BCUT2D eigenvalue weighted by Gasteiger charge is -2.20. The second-order valence-corrected chi connectivity index (χ2v) is 8.83. The molecule has 1 rings (SSSR count). The Kier molecular flexibility index (Phi) is 17.7. The highest BCUT2D eigenvalue weighted by Gasteiger charge is 2.40. The van der Waals surface area contributed by atoms with Crippen molar-refractivity contribution in [3.63, 3.8) is 0 Å². The molecule has 4 atom stereocenters. The van der Waals surface area contributed by atoms with Gasteiger partial charge in [0.15, 0.2) is 0 Å². The summed E-state index contributed by atoms with van der Waals surface area (Å²) in [4.78, 5) is 0. The SMILES string of the molecule is C=CCCCCCCCCCCCCCCCCCO[C@H]1CO[C@@H]([C@H](O)CO)[C@H]1O. The number of hydrogen-bond donors (Lipinski definition) is 3. The fraction of sp³-hybridized carbons (Fsp3) is 0.920. The van der Waals surface area contributed by atoms with Crippen molar-refractivity contribution in [2.75, 3.05) is 19.8 Å². The van der Waals surface area contributed by atoms with E-state index in [2.05, 4.69) is 6.58 Å². The van der Waals surface area contributed by atoms with E-state index in [0.717, 1.165) is 12.8 Å². The van der Waals surface area contributed by atoms with E-state index >= 15 is 0 Å². The van der Waals surface area contributed by atoms with Crippen LogP contribution in [-0.2, 0) is 9.47 Å². The van der Waals surface area contributed by atoms with Gasteiger partial charge < -0.3 is 24.8 Å². The van der Waals surface area contributed by atoms with Gasteiger partial charge >= 0.3 is 0 Å². The smallest absolute Gasteiger partial charge is 0.114 e. The van der Waals surface area contributed by atoms with E-state index in [-0.39, 0.29) is 6.61 Å². The number of aliphatic hydroxyl groups is 3. The molecular weight excluding hydrogens is 380 g/mol. The van der Waals surface area contributed by atoms with Crippen LogP contribution in [0.1, 0.15) is 103 Å². The molecule has 30 heavy (non-hydrogen) atoms. The maximum Gasteiger partial charge on any atom is 0.114 e. The zero-order valence-corrected chi connectivity index (χ0v) is 19.2. The third kappa shape index (κ3) is 13.1. The second-order valence-electron chi connectivity index (χ2n) is 8.83. The van der Waals surface area contributed by atoms with Gasteiger partial charge in [-0.05, 0) is 19.3 Å². The number of ether oxygens (including phenoxy) is 2. The number of aliphatic hydroxyl groups excluding tert-OH is 3. The van der Waals surface area contributed by atoms with Crippen molar-refractivity contribution in [1.29, 1.82) is 0 Å². The van der Waals surface area contributed by atoms with Crippen LogP contribution in [0.15, 0.2) is 12.7 Å². The number of allylic oxidation sites excluding steroid dienone is 1. The predicted octanol–water partition coefficient (Wildman–Crippen LogP) is 4.91. The Morgan fingerprint density at radius 1 is 0.833 bits per heavy atom. The first-order chi connectivity index (χ1) is 14.7. The summed E-state index contributed by atoms with van der Waals surface area (Å²) in [5.74, 6) is 0. The van der Waals surface area contributed by atoms with Crippen molar-refractivity contribution in [3.8, 4) is 0 Å². The molecule has 5 heteroatoms. The van der Waals surface area contributed by atoms with Gasteiger partial charge in [-0.15, -0.1) is 6.58 Å². The Bertz CT molecular complexity index is 390. The molecule has 0 radical (unpaired) electrons. The molecule has 0 aromatic heterocycles. The number of rotatable bonds is 21. The first-order valence-corrected chi connectivity index (χ1v) is 12.5. The van der Waals surface area contributed by atoms with E-state index < -0.39 is 31.0 Å². The van der Waals surface area contributed by atoms with Crippen molar-refractivity contribution in [1.82, 2.24) is 0 Å². The van der Waals surface area contributed by atoms with E-state index in [1.807, 2.05) is 6.08 Å². The van der Waals surface area contributed by atoms with Crippen molar-refractivity contribution in [3.05, 3.63) is 12.7 Å². The molecule has 1 aliphatic rings. The number of hydrogen-bond acceptors (Lipinski definition) is 5. The highest BCUT2D eigenvalue weighted by atomic mass is 16.6. The van der Waals surface area contributed by atoms with Gasteiger partial charge in [0.1, 0.15) is 24.4 Å². The molecule has 0 unspecified atom stereocenters. The van der Waals surface area contributed by atoms with Crippen LogP contribution in [0, 0.1) is 0 Å². The zero-order valence-electron chi connectivity index (χ0n) is 19.2. The molecule has 178 valence electrons. The van der Waals surface area contributed by atoms with Crippen LogP contribution in [0.3, 0.4) is 0 Å². The van der Waals surface area contributed by atoms with Crippen molar-refractivity contribution in [2.24, 2.45) is 0 Å². The van der Waals surface area contributed by atoms with Gasteiger partial charge in [-0.1, -0.05) is 89.5 Å². The lowest BCUT2D eigenvalue weighted by molar-refractivity contribution is -0.0730. The predicted molar refractivity (Wildman–Crippen MR) is 123 cm³/mol. The zero-order chi connectivity index (χ0) is 21.9. The highest BCUT2D eigenvalue weighted by Crippen LogP contribution is 2.21. The van der Waals surface area contributed by atoms with E-state index in [9.17, 15) is 10.2 Å². The summed E-state index contributed by atoms with van der Waals surface area (Å²) in [5.41, 5.74) is 0. The first-order valence-electron chi connectivity index (χ1n) is 12.5. The molecular formula is C25H48O5. The van der Waals surface area contributed by atoms with Gasteiger partial charge in [0.05, 0.1) is 13.2 Å². The Morgan fingerprint density at radius 2 is 1.30 bits per heavy atom. The molecule has 1 aliphatic heterocycles. The van der Waals surface area contributed by atoms with E-state index in [1.54, 1.807) is 0 Å². The normalized spacial score (nSPS) is 22.4. The maximum atomic E-state index is 10.1. The minimum atomic E-state index is -1.05. The van der Waals surface area contributed by atoms with Crippen LogP contribution >= 0.6 is 0 Å². The molecule has 1 heterocycles. The van der Waals surface area contributed by atoms with Crippen LogP contribution in [0.2, 0.25) is 0 Å². The summed E-state index contributed by atoms with van der Waals surface area (Å²) in [7, 11) is 0. The van der Waals surface area contributed by atoms with Crippen LogP contribution in [-0.4, -0.2) is 59.6 Å². The second kappa shape index (κ2) is 19.2. The summed E-state index contributed by atoms with van der Waals surface area (Å²) in [6.07, 6.45) is 20.0. The summed E-state index contributed by atoms with van der Waals surface area (Å²) < 4.78 is 11.0. The average Bonchev–Trinajstić information content (AvgIpc) is 3.12. The third-order valence-electron chi connectivity index (χ3n) is 6.12. The molecule has 1 fully saturated rings. The molecule has 0 aromatic rings. The fourth-order valence-electron chi connectivity index (χ4n) is 4.13. The van der Waals surface area contributed by atoms with Crippen molar-refractivity contribution >= 4 is 0 Å². The van der Waals surface area contributed by atoms with Crippen LogP contribution in [0.25, 0.3) is 0 Å². The highest BCUT2D eigenvalue weighted by molar-refractivity contribution is 4.88. The molecule has 0 aliphatic carbocycles. The van der Waals surface area contributed by atoms with Crippen LogP contribution < -0.4 is 0 Å². The summed E-state index contributed by atoms with van der Waals surface area (Å²) in [5, 5.41) is 28.6. The van der Waals surface area contributed by atoms with E-state index in [1.165, 1.54) is 89.9 Å². The Labute approximate surface area is 184 Å². The van der Waals surface area contributed by atoms with E-state index in [0.29, 0.717) is 6.61 Å². The van der Waals surface area contributed by atoms with Gasteiger partial charge in [-0.2, -0.15) is 0 Å². The third-order valence-corrected chi connectivity index (χ3v) is 6.12. The average molecular weight is 429 g/mol.